The Morgan fingerprint density at radius 2 is 1.81 bits per heavy atom. The Kier molecular flexibility index (Phi) is 6.97. The van der Waals surface area contributed by atoms with Crippen LogP contribution in [0.2, 0.25) is 0 Å². The molecule has 2 N–H and O–H groups in total. The maximum atomic E-state index is 12.5. The summed E-state index contributed by atoms with van der Waals surface area (Å²) in [4.78, 5) is 14.6. The van der Waals surface area contributed by atoms with Gasteiger partial charge < -0.3 is 5.32 Å². The molecule has 1 aromatic carbocycles. The van der Waals surface area contributed by atoms with Gasteiger partial charge in [0.2, 0.25) is 10.0 Å². The number of carbonyl (C=O) groups is 1. The monoisotopic (exact) mass is 394 g/mol. The molecule has 7 heteroatoms. The van der Waals surface area contributed by atoms with Crippen molar-refractivity contribution in [3.05, 3.63) is 45.6 Å². The van der Waals surface area contributed by atoms with E-state index < -0.39 is 10.0 Å². The summed E-state index contributed by atoms with van der Waals surface area (Å²) in [6.07, 6.45) is 2.94. The number of nitrogens with one attached hydrogen (secondary N) is 2. The van der Waals surface area contributed by atoms with E-state index in [2.05, 4.69) is 23.9 Å². The third kappa shape index (κ3) is 5.16. The van der Waals surface area contributed by atoms with E-state index in [0.29, 0.717) is 10.6 Å². The Morgan fingerprint density at radius 1 is 1.15 bits per heavy atom. The van der Waals surface area contributed by atoms with Gasteiger partial charge in [0.05, 0.1) is 9.77 Å². The molecule has 0 aliphatic heterocycles. The molecule has 0 radical (unpaired) electrons. The summed E-state index contributed by atoms with van der Waals surface area (Å²) in [5.41, 5.74) is 1.80. The van der Waals surface area contributed by atoms with E-state index >= 15 is 0 Å². The van der Waals surface area contributed by atoms with E-state index in [0.717, 1.165) is 19.3 Å². The minimum Gasteiger partial charge on any atom is -0.321 e. The molecule has 5 nitrogen and oxygen atoms in total. The maximum Gasteiger partial charge on any atom is 0.265 e. The number of rotatable bonds is 8. The third-order valence-electron chi connectivity index (χ3n) is 3.79. The first-order chi connectivity index (χ1) is 12.3. The fraction of sp³-hybridized carbons (Fsp3) is 0.421. The molecule has 0 saturated carbocycles. The molecule has 2 aromatic rings. The lowest BCUT2D eigenvalue weighted by atomic mass is 10.1. The molecule has 0 unspecified atom stereocenters. The molecule has 1 aromatic heterocycles. The Morgan fingerprint density at radius 3 is 2.35 bits per heavy atom. The van der Waals surface area contributed by atoms with Gasteiger partial charge in [0.15, 0.2) is 0 Å². The summed E-state index contributed by atoms with van der Waals surface area (Å²) < 4.78 is 26.8. The van der Waals surface area contributed by atoms with Crippen molar-refractivity contribution >= 4 is 33.0 Å². The lowest BCUT2D eigenvalue weighted by molar-refractivity contribution is 0.103. The van der Waals surface area contributed by atoms with Crippen LogP contribution in [0, 0.1) is 0 Å². The Labute approximate surface area is 159 Å². The fourth-order valence-electron chi connectivity index (χ4n) is 2.60. The van der Waals surface area contributed by atoms with Gasteiger partial charge in [-0.3, -0.25) is 4.79 Å². The summed E-state index contributed by atoms with van der Waals surface area (Å²) in [5, 5.41) is 2.84. The van der Waals surface area contributed by atoms with E-state index in [1.807, 2.05) is 6.07 Å². The van der Waals surface area contributed by atoms with Gasteiger partial charge in [-0.1, -0.05) is 20.3 Å². The number of anilines is 1. The van der Waals surface area contributed by atoms with Crippen LogP contribution in [0.3, 0.4) is 0 Å². The molecule has 142 valence electrons. The standard InChI is InChI=1S/C19H26N2O3S2/c1-5-7-17-14(6-2)12-18(25-17)19(22)20-15-8-10-16(11-9-15)26(23,24)21-13(3)4/h8-13,21H,5-7H2,1-4H3,(H,20,22). The molecule has 0 aliphatic rings. The van der Waals surface area contributed by atoms with E-state index in [1.165, 1.54) is 33.9 Å². The summed E-state index contributed by atoms with van der Waals surface area (Å²) in [7, 11) is -3.53. The number of hydrogen-bond acceptors (Lipinski definition) is 4. The van der Waals surface area contributed by atoms with E-state index in [1.54, 1.807) is 26.0 Å². The number of thiophene rings is 1. The van der Waals surface area contributed by atoms with Crippen molar-refractivity contribution in [2.24, 2.45) is 0 Å². The zero-order chi connectivity index (χ0) is 19.3. The highest BCUT2D eigenvalue weighted by atomic mass is 32.2. The van der Waals surface area contributed by atoms with Gasteiger partial charge in [-0.15, -0.1) is 11.3 Å². The number of benzene rings is 1. The normalized spacial score (nSPS) is 11.7. The van der Waals surface area contributed by atoms with Crippen LogP contribution < -0.4 is 10.0 Å². The molecule has 0 bridgehead atoms. The van der Waals surface area contributed by atoms with Gasteiger partial charge in [0.1, 0.15) is 0 Å². The highest BCUT2D eigenvalue weighted by molar-refractivity contribution is 7.89. The highest BCUT2D eigenvalue weighted by Gasteiger charge is 2.16. The molecule has 1 heterocycles. The van der Waals surface area contributed by atoms with Crippen LogP contribution in [0.1, 0.15) is 54.2 Å². The number of sulfonamides is 1. The minimum absolute atomic E-state index is 0.164. The Hall–Kier alpha value is -1.70. The molecule has 2 rings (SSSR count). The van der Waals surface area contributed by atoms with Gasteiger partial charge in [-0.2, -0.15) is 0 Å². The number of aryl methyl sites for hydroxylation is 2. The van der Waals surface area contributed by atoms with E-state index in [-0.39, 0.29) is 16.8 Å². The Bertz CT molecular complexity index is 853. The zero-order valence-electron chi connectivity index (χ0n) is 15.6. The summed E-state index contributed by atoms with van der Waals surface area (Å²) in [5.74, 6) is -0.164. The van der Waals surface area contributed by atoms with Crippen LogP contribution in [0.5, 0.6) is 0 Å². The SMILES string of the molecule is CCCc1sc(C(=O)Nc2ccc(S(=O)(=O)NC(C)C)cc2)cc1CC. The van der Waals surface area contributed by atoms with Crippen molar-refractivity contribution in [3.8, 4) is 0 Å². The third-order valence-corrected chi connectivity index (χ3v) is 6.70. The van der Waals surface area contributed by atoms with Crippen LogP contribution in [-0.4, -0.2) is 20.4 Å². The average Bonchev–Trinajstić information content (AvgIpc) is 2.98. The second-order valence-corrected chi connectivity index (χ2v) is 9.27. The first kappa shape index (κ1) is 20.6. The predicted molar refractivity (Wildman–Crippen MR) is 108 cm³/mol. The summed E-state index contributed by atoms with van der Waals surface area (Å²) in [6, 6.07) is 7.98. The van der Waals surface area contributed by atoms with Crippen molar-refractivity contribution in [3.63, 3.8) is 0 Å². The molecule has 0 saturated heterocycles. The van der Waals surface area contributed by atoms with Crippen molar-refractivity contribution in [2.75, 3.05) is 5.32 Å². The van der Waals surface area contributed by atoms with E-state index in [4.69, 9.17) is 0 Å². The predicted octanol–water partition coefficient (Wildman–Crippen LogP) is 4.20. The first-order valence-electron chi connectivity index (χ1n) is 8.82. The smallest absolute Gasteiger partial charge is 0.265 e. The van der Waals surface area contributed by atoms with Gasteiger partial charge in [-0.05, 0) is 62.6 Å². The number of amides is 1. The van der Waals surface area contributed by atoms with Crippen molar-refractivity contribution < 1.29 is 13.2 Å². The molecule has 1 amide bonds. The van der Waals surface area contributed by atoms with Crippen LogP contribution in [0.4, 0.5) is 5.69 Å². The quantitative estimate of drug-likeness (QED) is 0.704. The molecule has 0 fully saturated rings. The van der Waals surface area contributed by atoms with Crippen molar-refractivity contribution in [1.82, 2.24) is 4.72 Å². The molecule has 0 atom stereocenters. The second-order valence-electron chi connectivity index (χ2n) is 6.42. The number of carbonyl (C=O) groups excluding carboxylic acids is 1. The molecule has 0 spiro atoms. The van der Waals surface area contributed by atoms with Gasteiger partial charge in [-0.25, -0.2) is 13.1 Å². The fourth-order valence-corrected chi connectivity index (χ4v) is 5.11. The van der Waals surface area contributed by atoms with Crippen LogP contribution in [0.25, 0.3) is 0 Å². The second kappa shape index (κ2) is 8.79. The topological polar surface area (TPSA) is 75.3 Å². The van der Waals surface area contributed by atoms with Crippen LogP contribution in [-0.2, 0) is 22.9 Å². The lowest BCUT2D eigenvalue weighted by Gasteiger charge is -2.10. The lowest BCUT2D eigenvalue weighted by Crippen LogP contribution is -2.30. The molecular weight excluding hydrogens is 368 g/mol. The van der Waals surface area contributed by atoms with E-state index in [9.17, 15) is 13.2 Å². The largest absolute Gasteiger partial charge is 0.321 e. The molecule has 0 aliphatic carbocycles. The minimum atomic E-state index is -3.53. The number of hydrogen-bond donors (Lipinski definition) is 2. The van der Waals surface area contributed by atoms with Crippen molar-refractivity contribution in [2.45, 2.75) is 57.9 Å². The average molecular weight is 395 g/mol. The van der Waals surface area contributed by atoms with Crippen molar-refractivity contribution in [1.29, 1.82) is 0 Å². The highest BCUT2D eigenvalue weighted by Crippen LogP contribution is 2.25. The van der Waals surface area contributed by atoms with Gasteiger partial charge in [0, 0.05) is 16.6 Å². The first-order valence-corrected chi connectivity index (χ1v) is 11.1. The van der Waals surface area contributed by atoms with Gasteiger partial charge in [0.25, 0.3) is 5.91 Å². The zero-order valence-corrected chi connectivity index (χ0v) is 17.3. The summed E-state index contributed by atoms with van der Waals surface area (Å²) >= 11 is 1.53. The van der Waals surface area contributed by atoms with Crippen LogP contribution >= 0.6 is 11.3 Å². The summed E-state index contributed by atoms with van der Waals surface area (Å²) in [6.45, 7) is 7.75. The molecular formula is C19H26N2O3S2. The van der Waals surface area contributed by atoms with Gasteiger partial charge >= 0.3 is 0 Å². The maximum absolute atomic E-state index is 12.5. The van der Waals surface area contributed by atoms with Crippen LogP contribution in [0.15, 0.2) is 35.2 Å². The molecule has 26 heavy (non-hydrogen) atoms. The Balaban J connectivity index is 2.13.